The van der Waals surface area contributed by atoms with Crippen molar-refractivity contribution < 1.29 is 0 Å². The predicted molar refractivity (Wildman–Crippen MR) is 53.3 cm³/mol. The summed E-state index contributed by atoms with van der Waals surface area (Å²) in [6.07, 6.45) is 7.52. The van der Waals surface area contributed by atoms with Gasteiger partial charge in [0.05, 0.1) is 5.70 Å². The lowest BCUT2D eigenvalue weighted by molar-refractivity contribution is 0.361. The minimum Gasteiger partial charge on any atom is -0.376 e. The molecule has 1 aliphatic rings. The van der Waals surface area contributed by atoms with Crippen LogP contribution in [0.1, 0.15) is 33.1 Å². The average molecular weight is 166 g/mol. The summed E-state index contributed by atoms with van der Waals surface area (Å²) in [5.74, 6) is 0. The predicted octanol–water partition coefficient (Wildman–Crippen LogP) is 2.42. The van der Waals surface area contributed by atoms with Crippen molar-refractivity contribution in [1.82, 2.24) is 4.90 Å². The zero-order chi connectivity index (χ0) is 8.97. The van der Waals surface area contributed by atoms with Gasteiger partial charge in [0.25, 0.3) is 0 Å². The summed E-state index contributed by atoms with van der Waals surface area (Å²) in [5.41, 5.74) is 1.21. The molecule has 0 aromatic carbocycles. The lowest BCUT2D eigenvalue weighted by atomic mass is 10.2. The molecule has 1 atom stereocenters. The minimum atomic E-state index is 0.586. The van der Waals surface area contributed by atoms with Crippen molar-refractivity contribution in [1.29, 1.82) is 0 Å². The van der Waals surface area contributed by atoms with Crippen LogP contribution in [-0.2, 0) is 0 Å². The molecule has 0 radical (unpaired) electrons. The van der Waals surface area contributed by atoms with Crippen LogP contribution in [-0.4, -0.2) is 24.2 Å². The van der Waals surface area contributed by atoms with Gasteiger partial charge >= 0.3 is 0 Å². The molecule has 0 aromatic rings. The van der Waals surface area contributed by atoms with Crippen LogP contribution in [0.2, 0.25) is 0 Å². The fraction of sp³-hybridized carbons (Fsp3) is 0.700. The van der Waals surface area contributed by atoms with Crippen molar-refractivity contribution >= 4 is 6.21 Å². The highest BCUT2D eigenvalue weighted by Gasteiger charge is 2.08. The van der Waals surface area contributed by atoms with Gasteiger partial charge in [0.15, 0.2) is 0 Å². The summed E-state index contributed by atoms with van der Waals surface area (Å²) in [7, 11) is 2.12. The van der Waals surface area contributed by atoms with E-state index in [9.17, 15) is 0 Å². The molecule has 0 saturated carbocycles. The summed E-state index contributed by atoms with van der Waals surface area (Å²) < 4.78 is 0. The molecule has 0 spiro atoms. The Morgan fingerprint density at radius 1 is 1.67 bits per heavy atom. The van der Waals surface area contributed by atoms with E-state index in [1.54, 1.807) is 0 Å². The van der Waals surface area contributed by atoms with Crippen molar-refractivity contribution in [2.24, 2.45) is 4.99 Å². The molecule has 1 rings (SSSR count). The van der Waals surface area contributed by atoms with E-state index in [-0.39, 0.29) is 0 Å². The molecule has 0 aliphatic carbocycles. The molecule has 0 N–H and O–H groups in total. The van der Waals surface area contributed by atoms with Gasteiger partial charge < -0.3 is 4.90 Å². The molecule has 2 heteroatoms. The van der Waals surface area contributed by atoms with Gasteiger partial charge in [-0.2, -0.15) is 0 Å². The summed E-state index contributed by atoms with van der Waals surface area (Å²) in [6.45, 7) is 4.40. The first-order valence-electron chi connectivity index (χ1n) is 4.69. The first-order chi connectivity index (χ1) is 5.74. The third-order valence-corrected chi connectivity index (χ3v) is 2.26. The SMILES string of the molecule is CCCC1=CN(C)C(C)CC=N1. The monoisotopic (exact) mass is 166 g/mol. The lowest BCUT2D eigenvalue weighted by Gasteiger charge is -2.20. The zero-order valence-corrected chi connectivity index (χ0v) is 8.25. The Morgan fingerprint density at radius 3 is 3.08 bits per heavy atom. The van der Waals surface area contributed by atoms with E-state index < -0.39 is 0 Å². The van der Waals surface area contributed by atoms with E-state index in [0.717, 1.165) is 12.8 Å². The van der Waals surface area contributed by atoms with Crippen molar-refractivity contribution in [2.45, 2.75) is 39.2 Å². The van der Waals surface area contributed by atoms with Gasteiger partial charge in [-0.25, -0.2) is 0 Å². The maximum atomic E-state index is 4.41. The molecular weight excluding hydrogens is 148 g/mol. The summed E-state index contributed by atoms with van der Waals surface area (Å²) in [6, 6.07) is 0.586. The number of allylic oxidation sites excluding steroid dienone is 1. The number of hydrogen-bond donors (Lipinski definition) is 0. The van der Waals surface area contributed by atoms with Crippen LogP contribution in [0.3, 0.4) is 0 Å². The molecular formula is C10H18N2. The maximum Gasteiger partial charge on any atom is 0.0557 e. The van der Waals surface area contributed by atoms with Crippen LogP contribution in [0.5, 0.6) is 0 Å². The highest BCUT2D eigenvalue weighted by atomic mass is 15.1. The van der Waals surface area contributed by atoms with Gasteiger partial charge in [-0.15, -0.1) is 0 Å². The van der Waals surface area contributed by atoms with Gasteiger partial charge in [-0.05, 0) is 13.3 Å². The molecule has 1 heterocycles. The summed E-state index contributed by atoms with van der Waals surface area (Å²) >= 11 is 0. The van der Waals surface area contributed by atoms with Gasteiger partial charge in [-0.3, -0.25) is 4.99 Å². The Balaban J connectivity index is 2.64. The lowest BCUT2D eigenvalue weighted by Crippen LogP contribution is -2.23. The molecule has 1 aliphatic heterocycles. The Morgan fingerprint density at radius 2 is 2.42 bits per heavy atom. The van der Waals surface area contributed by atoms with E-state index >= 15 is 0 Å². The van der Waals surface area contributed by atoms with E-state index in [1.807, 2.05) is 6.21 Å². The molecule has 68 valence electrons. The van der Waals surface area contributed by atoms with Crippen LogP contribution in [0.25, 0.3) is 0 Å². The second kappa shape index (κ2) is 4.29. The van der Waals surface area contributed by atoms with Crippen LogP contribution in [0, 0.1) is 0 Å². The molecule has 12 heavy (non-hydrogen) atoms. The molecule has 0 aromatic heterocycles. The number of aliphatic imine (C=N–C) groups is 1. The van der Waals surface area contributed by atoms with Crippen molar-refractivity contribution in [2.75, 3.05) is 7.05 Å². The van der Waals surface area contributed by atoms with E-state index in [2.05, 4.69) is 37.0 Å². The summed E-state index contributed by atoms with van der Waals surface area (Å²) in [5, 5.41) is 0. The van der Waals surface area contributed by atoms with Crippen LogP contribution in [0.15, 0.2) is 16.9 Å². The average Bonchev–Trinajstić information content (AvgIpc) is 2.16. The normalized spacial score (nSPS) is 23.8. The standard InChI is InChI=1S/C10H18N2/c1-4-5-10-8-12(3)9(2)6-7-11-10/h7-9H,4-6H2,1-3H3. The van der Waals surface area contributed by atoms with Crippen molar-refractivity contribution in [3.8, 4) is 0 Å². The van der Waals surface area contributed by atoms with Gasteiger partial charge in [0.1, 0.15) is 0 Å². The van der Waals surface area contributed by atoms with Crippen molar-refractivity contribution in [3.63, 3.8) is 0 Å². The molecule has 0 saturated heterocycles. The van der Waals surface area contributed by atoms with Gasteiger partial charge in [0.2, 0.25) is 0 Å². The fourth-order valence-corrected chi connectivity index (χ4v) is 1.27. The Kier molecular flexibility index (Phi) is 3.32. The third kappa shape index (κ3) is 2.36. The molecule has 0 amide bonds. The van der Waals surface area contributed by atoms with Crippen LogP contribution in [0.4, 0.5) is 0 Å². The Labute approximate surface area is 75.0 Å². The topological polar surface area (TPSA) is 15.6 Å². The summed E-state index contributed by atoms with van der Waals surface area (Å²) in [4.78, 5) is 6.66. The third-order valence-electron chi connectivity index (χ3n) is 2.26. The molecule has 1 unspecified atom stereocenters. The van der Waals surface area contributed by atoms with E-state index in [4.69, 9.17) is 0 Å². The number of rotatable bonds is 2. The zero-order valence-electron chi connectivity index (χ0n) is 8.25. The first kappa shape index (κ1) is 9.30. The fourth-order valence-electron chi connectivity index (χ4n) is 1.27. The van der Waals surface area contributed by atoms with Crippen molar-refractivity contribution in [3.05, 3.63) is 11.9 Å². The Hall–Kier alpha value is -0.790. The van der Waals surface area contributed by atoms with Gasteiger partial charge in [0, 0.05) is 31.9 Å². The highest BCUT2D eigenvalue weighted by molar-refractivity contribution is 5.60. The van der Waals surface area contributed by atoms with Crippen LogP contribution < -0.4 is 0 Å². The second-order valence-corrected chi connectivity index (χ2v) is 3.43. The van der Waals surface area contributed by atoms with Gasteiger partial charge in [-0.1, -0.05) is 13.3 Å². The smallest absolute Gasteiger partial charge is 0.0557 e. The Bertz CT molecular complexity index is 194. The minimum absolute atomic E-state index is 0.586. The number of hydrogen-bond acceptors (Lipinski definition) is 2. The largest absolute Gasteiger partial charge is 0.376 e. The quantitative estimate of drug-likeness (QED) is 0.615. The molecule has 0 bridgehead atoms. The maximum absolute atomic E-state index is 4.41. The molecule has 2 nitrogen and oxygen atoms in total. The molecule has 0 fully saturated rings. The first-order valence-corrected chi connectivity index (χ1v) is 4.69. The van der Waals surface area contributed by atoms with E-state index in [1.165, 1.54) is 12.1 Å². The van der Waals surface area contributed by atoms with E-state index in [0.29, 0.717) is 6.04 Å². The second-order valence-electron chi connectivity index (χ2n) is 3.43. The van der Waals surface area contributed by atoms with Crippen LogP contribution >= 0.6 is 0 Å². The number of nitrogens with zero attached hydrogens (tertiary/aromatic N) is 2. The highest BCUT2D eigenvalue weighted by Crippen LogP contribution is 2.13.